The van der Waals surface area contributed by atoms with Crippen LogP contribution in [0.1, 0.15) is 14.8 Å². The minimum absolute atomic E-state index is 0. The summed E-state index contributed by atoms with van der Waals surface area (Å²) < 4.78 is 0. The molecule has 3 aromatic carbocycles. The number of nitro benzene ring substituents is 2. The normalized spacial score (nSPS) is 16.0. The molecule has 3 aromatic rings. The van der Waals surface area contributed by atoms with Gasteiger partial charge in [0.2, 0.25) is 0 Å². The van der Waals surface area contributed by atoms with Gasteiger partial charge in [-0.25, -0.2) is 0 Å². The Morgan fingerprint density at radius 2 is 1.04 bits per heavy atom. The third kappa shape index (κ3) is 15.8. The van der Waals surface area contributed by atoms with Gasteiger partial charge in [0.05, 0.1) is 26.9 Å². The molecular weight excluding hydrogens is 751 g/mol. The van der Waals surface area contributed by atoms with E-state index in [9.17, 15) is 20.2 Å². The summed E-state index contributed by atoms with van der Waals surface area (Å²) in [6.07, 6.45) is 1.00. The number of nitrogens with one attached hydrogen (secondary N) is 1. The molecular formula is C36H60ClN12O4V-. The smallest absolute Gasteiger partial charge is 0.315 e. The molecule has 3 fully saturated rings. The zero-order chi connectivity index (χ0) is 39.5. The molecule has 0 atom stereocenters. The Morgan fingerprint density at radius 1 is 0.667 bits per heavy atom. The fourth-order valence-corrected chi connectivity index (χ4v) is 5.70. The Bertz CT molecular complexity index is 1560. The van der Waals surface area contributed by atoms with Crippen LogP contribution in [-0.4, -0.2) is 124 Å². The maximum absolute atomic E-state index is 11.0. The fraction of sp³-hybridized carbons (Fsp3) is 0.472. The molecule has 3 heterocycles. The van der Waals surface area contributed by atoms with Gasteiger partial charge < -0.3 is 59.7 Å². The third-order valence-corrected chi connectivity index (χ3v) is 8.88. The van der Waals surface area contributed by atoms with Crippen LogP contribution in [0.15, 0.2) is 54.6 Å². The Hall–Kier alpha value is -4.03. The van der Waals surface area contributed by atoms with Crippen LogP contribution >= 0.6 is 11.6 Å². The van der Waals surface area contributed by atoms with Gasteiger partial charge in [0.25, 0.3) is 0 Å². The molecule has 9 N–H and O–H groups in total. The molecule has 0 saturated carbocycles. The van der Waals surface area contributed by atoms with Crippen molar-refractivity contribution in [2.24, 2.45) is 0 Å². The van der Waals surface area contributed by atoms with Crippen molar-refractivity contribution in [3.05, 3.63) is 86.8 Å². The molecule has 18 heteroatoms. The number of likely N-dealkylation sites (N-methyl/N-ethyl adjacent to an activating group) is 3. The first-order chi connectivity index (χ1) is 25.2. The number of hydrogen-bond acceptors (Lipinski definition) is 14. The van der Waals surface area contributed by atoms with Gasteiger partial charge in [-0.3, -0.25) is 20.2 Å². The fourth-order valence-electron chi connectivity index (χ4n) is 5.44. The van der Waals surface area contributed by atoms with Crippen molar-refractivity contribution < 1.29 is 29.8 Å². The zero-order valence-electron chi connectivity index (χ0n) is 32.0. The molecule has 6 rings (SSSR count). The number of hydrogen-bond donors (Lipinski definition) is 5. The number of para-hydroxylation sites is 3. The van der Waals surface area contributed by atoms with E-state index in [1.807, 2.05) is 37.1 Å². The van der Waals surface area contributed by atoms with Gasteiger partial charge in [0, 0.05) is 98.5 Å². The van der Waals surface area contributed by atoms with Crippen molar-refractivity contribution >= 4 is 57.1 Å². The largest absolute Gasteiger partial charge is 0.397 e. The first-order valence-electron chi connectivity index (χ1n) is 17.6. The number of anilines is 6. The molecule has 3 aliphatic heterocycles. The van der Waals surface area contributed by atoms with Gasteiger partial charge >= 0.3 is 11.4 Å². The number of rotatable bonds is 4. The van der Waals surface area contributed by atoms with Gasteiger partial charge in [0.1, 0.15) is 22.1 Å². The van der Waals surface area contributed by atoms with Gasteiger partial charge in [0.15, 0.2) is 0 Å². The Labute approximate surface area is 338 Å². The number of nitro groups is 2. The van der Waals surface area contributed by atoms with Crippen molar-refractivity contribution in [2.75, 3.05) is 132 Å². The number of benzene rings is 3. The average molecular weight is 811 g/mol. The van der Waals surface area contributed by atoms with Crippen LogP contribution in [0.5, 0.6) is 0 Å². The van der Waals surface area contributed by atoms with Crippen molar-refractivity contribution in [1.29, 1.82) is 0 Å². The predicted octanol–water partition coefficient (Wildman–Crippen LogP) is 4.36. The zero-order valence-corrected chi connectivity index (χ0v) is 34.1. The van der Waals surface area contributed by atoms with E-state index in [-0.39, 0.29) is 47.8 Å². The molecule has 0 spiro atoms. The standard InChI is InChI=1S/C11H16N4O2.C11H18N4.C6H5ClN2O2.C5H12N2.C3H7.V.H2/c1-13-5-7-14(8-6-13)10-4-2-3-9(12)11(10)15(16)17;1-14-5-7-15(8-6-14)10-4-2-3-9(12)11(10)13;7-4-2-1-3-5(8)6(4)9(10)11;1-7-4-2-6-3-5-7;1-3-2;;/h2-4H,5-8,12H2,1H3;2-4H,5-8,12-13H2,1H3;1-3H,8H2;6H,2-5H2,1H3;1,3H2,2H3;;1H/q;;;;-1;;. The van der Waals surface area contributed by atoms with Gasteiger partial charge in [-0.2, -0.15) is 6.42 Å². The minimum Gasteiger partial charge on any atom is -0.397 e. The molecule has 0 bridgehead atoms. The molecule has 54 heavy (non-hydrogen) atoms. The van der Waals surface area contributed by atoms with Crippen molar-refractivity contribution in [3.8, 4) is 0 Å². The summed E-state index contributed by atoms with van der Waals surface area (Å²) in [5, 5.41) is 24.7. The van der Waals surface area contributed by atoms with Crippen molar-refractivity contribution in [1.82, 2.24) is 20.0 Å². The third-order valence-electron chi connectivity index (χ3n) is 8.57. The Balaban J connectivity index is 0.000000706. The van der Waals surface area contributed by atoms with Crippen LogP contribution in [0.2, 0.25) is 5.02 Å². The minimum atomic E-state index is -0.600. The molecule has 3 saturated heterocycles. The van der Waals surface area contributed by atoms with E-state index in [4.69, 9.17) is 34.5 Å². The first-order valence-corrected chi connectivity index (χ1v) is 18.0. The molecule has 301 valence electrons. The Kier molecular flexibility index (Phi) is 22.3. The van der Waals surface area contributed by atoms with Crippen LogP contribution in [-0.2, 0) is 18.6 Å². The number of nitrogens with two attached hydrogens (primary N) is 4. The Morgan fingerprint density at radius 3 is 1.43 bits per heavy atom. The summed E-state index contributed by atoms with van der Waals surface area (Å²) in [7, 11) is 6.34. The summed E-state index contributed by atoms with van der Waals surface area (Å²) in [6, 6.07) is 15.4. The molecule has 3 aliphatic rings. The van der Waals surface area contributed by atoms with Gasteiger partial charge in [-0.15, -0.1) is 0 Å². The topological polar surface area (TPSA) is 219 Å². The molecule has 0 amide bonds. The van der Waals surface area contributed by atoms with Crippen LogP contribution in [0, 0.1) is 27.2 Å². The van der Waals surface area contributed by atoms with E-state index in [1.165, 1.54) is 25.2 Å². The van der Waals surface area contributed by atoms with E-state index in [0.717, 1.165) is 77.6 Å². The maximum Gasteiger partial charge on any atom is 0.315 e. The summed E-state index contributed by atoms with van der Waals surface area (Å²) in [5.41, 5.74) is 25.9. The van der Waals surface area contributed by atoms with Crippen molar-refractivity contribution in [2.45, 2.75) is 13.3 Å². The number of piperazine rings is 3. The monoisotopic (exact) mass is 810 g/mol. The maximum atomic E-state index is 11.0. The van der Waals surface area contributed by atoms with E-state index in [0.29, 0.717) is 17.1 Å². The van der Waals surface area contributed by atoms with Gasteiger partial charge in [-0.05, 0) is 57.5 Å². The van der Waals surface area contributed by atoms with E-state index < -0.39 is 9.85 Å². The second kappa shape index (κ2) is 25.1. The molecule has 0 unspecified atom stereocenters. The molecule has 0 aliphatic carbocycles. The van der Waals surface area contributed by atoms with E-state index in [2.05, 4.69) is 45.9 Å². The summed E-state index contributed by atoms with van der Waals surface area (Å²) in [6.45, 7) is 17.8. The summed E-state index contributed by atoms with van der Waals surface area (Å²) in [5.74, 6) is 0. The number of nitrogen functional groups attached to an aromatic ring is 4. The van der Waals surface area contributed by atoms with Crippen LogP contribution in [0.25, 0.3) is 0 Å². The van der Waals surface area contributed by atoms with Crippen LogP contribution < -0.4 is 38.1 Å². The van der Waals surface area contributed by atoms with Crippen LogP contribution in [0.3, 0.4) is 0 Å². The van der Waals surface area contributed by atoms with Crippen LogP contribution in [0.4, 0.5) is 45.5 Å². The summed E-state index contributed by atoms with van der Waals surface area (Å²) >= 11 is 5.50. The molecule has 0 aromatic heterocycles. The van der Waals surface area contributed by atoms with Crippen molar-refractivity contribution in [3.63, 3.8) is 0 Å². The quantitative estimate of drug-likeness (QED) is 0.107. The SMILES string of the molecule is CN1CCN(c2cccc(N)c2N)CC1.CN1CCN(c2cccc(N)c2[N+](=O)[O-])CC1.CN1CCNCC1.Nc1cccc(Cl)c1[N+](=O)[O-].[CH2-]CC.[HH].[V]. The second-order valence-electron chi connectivity index (χ2n) is 12.8. The second-order valence-corrected chi connectivity index (χ2v) is 13.2. The average Bonchev–Trinajstić information content (AvgIpc) is 3.11. The molecule has 1 radical (unpaired) electrons. The van der Waals surface area contributed by atoms with E-state index >= 15 is 0 Å². The first kappa shape index (κ1) is 48.0. The predicted molar refractivity (Wildman–Crippen MR) is 223 cm³/mol. The van der Waals surface area contributed by atoms with E-state index in [1.54, 1.807) is 24.3 Å². The summed E-state index contributed by atoms with van der Waals surface area (Å²) in [4.78, 5) is 31.5. The number of halogens is 1. The molecule has 16 nitrogen and oxygen atoms in total. The number of nitrogens with zero attached hydrogens (tertiary/aromatic N) is 7. The van der Waals surface area contributed by atoms with Gasteiger partial charge in [-0.1, -0.05) is 36.7 Å².